The summed E-state index contributed by atoms with van der Waals surface area (Å²) in [6.07, 6.45) is 0.442. The molecule has 0 amide bonds. The molecule has 1 saturated heterocycles. The molecule has 1 aromatic carbocycles. The van der Waals surface area contributed by atoms with Crippen LogP contribution in [0.4, 0.5) is 5.69 Å². The topological polar surface area (TPSA) is 85.3 Å². The summed E-state index contributed by atoms with van der Waals surface area (Å²) in [6, 6.07) is 5.83. The molecule has 0 radical (unpaired) electrons. The molecule has 4 N–H and O–H groups in total. The highest BCUT2D eigenvalue weighted by Crippen LogP contribution is 2.33. The van der Waals surface area contributed by atoms with Crippen LogP contribution in [0, 0.1) is 0 Å². The van der Waals surface area contributed by atoms with Crippen LogP contribution in [0.3, 0.4) is 0 Å². The first-order chi connectivity index (χ1) is 9.92. The van der Waals surface area contributed by atoms with Crippen molar-refractivity contribution >= 4 is 27.5 Å². The monoisotopic (exact) mass is 356 g/mol. The summed E-state index contributed by atoms with van der Waals surface area (Å²) in [6.45, 7) is 1.49. The van der Waals surface area contributed by atoms with Gasteiger partial charge in [0, 0.05) is 29.2 Å². The molecule has 0 saturated carbocycles. The Bertz CT molecular complexity index is 536. The fourth-order valence-corrected chi connectivity index (χ4v) is 3.35. The Kier molecular flexibility index (Phi) is 5.08. The van der Waals surface area contributed by atoms with E-state index in [9.17, 15) is 5.11 Å². The summed E-state index contributed by atoms with van der Waals surface area (Å²) >= 11 is 3.54. The zero-order valence-electron chi connectivity index (χ0n) is 12.2. The summed E-state index contributed by atoms with van der Waals surface area (Å²) in [7, 11) is 4.05. The number of nitrogens with two attached hydrogens (primary N) is 1. The first kappa shape index (κ1) is 16.1. The lowest BCUT2D eigenvalue weighted by Gasteiger charge is -2.29. The average Bonchev–Trinajstić information content (AvgIpc) is 2.77. The van der Waals surface area contributed by atoms with Gasteiger partial charge in [0.05, 0.1) is 11.8 Å². The number of β-amino-alcohol motifs (C(OH)–C–C–N with tert-alkyl or cyclic N) is 1. The van der Waals surface area contributed by atoms with E-state index in [4.69, 9.17) is 10.9 Å². The number of nitrogens with zero attached hydrogens (tertiary/aromatic N) is 3. The Balaban J connectivity index is 2.28. The zero-order valence-corrected chi connectivity index (χ0v) is 13.8. The SMILES string of the molecule is CN(C)CC1CC(O)CN1c1ccc(/C(N)=N/O)cc1Br. The summed E-state index contributed by atoms with van der Waals surface area (Å²) in [4.78, 5) is 4.32. The van der Waals surface area contributed by atoms with E-state index in [1.54, 1.807) is 0 Å². The van der Waals surface area contributed by atoms with E-state index in [-0.39, 0.29) is 18.0 Å². The maximum absolute atomic E-state index is 9.97. The lowest BCUT2D eigenvalue weighted by molar-refractivity contribution is 0.191. The molecule has 1 fully saturated rings. The van der Waals surface area contributed by atoms with Gasteiger partial charge < -0.3 is 25.8 Å². The molecule has 2 rings (SSSR count). The normalized spacial score (nSPS) is 23.1. The highest BCUT2D eigenvalue weighted by molar-refractivity contribution is 9.10. The molecular weight excluding hydrogens is 336 g/mol. The Morgan fingerprint density at radius 3 is 2.81 bits per heavy atom. The van der Waals surface area contributed by atoms with Gasteiger partial charge in [-0.3, -0.25) is 0 Å². The lowest BCUT2D eigenvalue weighted by atomic mass is 10.1. The van der Waals surface area contributed by atoms with Crippen molar-refractivity contribution < 1.29 is 10.3 Å². The van der Waals surface area contributed by atoms with Gasteiger partial charge in [-0.2, -0.15) is 0 Å². The largest absolute Gasteiger partial charge is 0.409 e. The smallest absolute Gasteiger partial charge is 0.170 e. The molecule has 0 spiro atoms. The molecule has 21 heavy (non-hydrogen) atoms. The van der Waals surface area contributed by atoms with Crippen LogP contribution in [-0.2, 0) is 0 Å². The van der Waals surface area contributed by atoms with Crippen molar-refractivity contribution in [2.45, 2.75) is 18.6 Å². The quantitative estimate of drug-likeness (QED) is 0.325. The summed E-state index contributed by atoms with van der Waals surface area (Å²) in [5.74, 6) is 0.0774. The van der Waals surface area contributed by atoms with Gasteiger partial charge in [-0.05, 0) is 54.6 Å². The molecule has 1 aromatic rings. The van der Waals surface area contributed by atoms with Gasteiger partial charge in [0.25, 0.3) is 0 Å². The second-order valence-corrected chi connectivity index (χ2v) is 6.46. The number of likely N-dealkylation sites (N-methyl/N-ethyl adjacent to an activating group) is 1. The van der Waals surface area contributed by atoms with Gasteiger partial charge in [0.2, 0.25) is 0 Å². The van der Waals surface area contributed by atoms with Crippen molar-refractivity contribution in [1.82, 2.24) is 4.90 Å². The van der Waals surface area contributed by atoms with Gasteiger partial charge in [-0.15, -0.1) is 0 Å². The molecule has 6 nitrogen and oxygen atoms in total. The van der Waals surface area contributed by atoms with Crippen LogP contribution in [-0.4, -0.2) is 60.4 Å². The number of hydrogen-bond donors (Lipinski definition) is 3. The van der Waals surface area contributed by atoms with Crippen LogP contribution >= 0.6 is 15.9 Å². The van der Waals surface area contributed by atoms with E-state index in [0.717, 1.165) is 23.1 Å². The predicted molar refractivity (Wildman–Crippen MR) is 87.0 cm³/mol. The van der Waals surface area contributed by atoms with Gasteiger partial charge in [-0.25, -0.2) is 0 Å². The Hall–Kier alpha value is -1.31. The van der Waals surface area contributed by atoms with Gasteiger partial charge in [-0.1, -0.05) is 5.16 Å². The molecule has 116 valence electrons. The molecule has 2 atom stereocenters. The van der Waals surface area contributed by atoms with E-state index in [1.165, 1.54) is 0 Å². The predicted octanol–water partition coefficient (Wildman–Crippen LogP) is 1.04. The van der Waals surface area contributed by atoms with Crippen LogP contribution in [0.5, 0.6) is 0 Å². The molecule has 7 heteroatoms. The minimum atomic E-state index is -0.314. The van der Waals surface area contributed by atoms with Crippen LogP contribution in [0.1, 0.15) is 12.0 Å². The lowest BCUT2D eigenvalue weighted by Crippen LogP contribution is -2.37. The molecule has 0 bridgehead atoms. The van der Waals surface area contributed by atoms with E-state index < -0.39 is 0 Å². The molecule has 1 aliphatic heterocycles. The van der Waals surface area contributed by atoms with Crippen molar-refractivity contribution in [2.24, 2.45) is 10.9 Å². The van der Waals surface area contributed by atoms with Crippen molar-refractivity contribution in [3.63, 3.8) is 0 Å². The van der Waals surface area contributed by atoms with Crippen molar-refractivity contribution in [2.75, 3.05) is 32.1 Å². The van der Waals surface area contributed by atoms with Crippen LogP contribution in [0.25, 0.3) is 0 Å². The summed E-state index contributed by atoms with van der Waals surface area (Å²) in [5.41, 5.74) is 7.26. The third-order valence-electron chi connectivity index (χ3n) is 3.63. The minimum absolute atomic E-state index is 0.0774. The van der Waals surface area contributed by atoms with Crippen LogP contribution in [0.2, 0.25) is 0 Å². The van der Waals surface area contributed by atoms with Gasteiger partial charge >= 0.3 is 0 Å². The first-order valence-electron chi connectivity index (χ1n) is 6.79. The minimum Gasteiger partial charge on any atom is -0.409 e. The number of oxime groups is 1. The number of aliphatic hydroxyl groups is 1. The number of aliphatic hydroxyl groups excluding tert-OH is 1. The van der Waals surface area contributed by atoms with E-state index >= 15 is 0 Å². The van der Waals surface area contributed by atoms with Crippen molar-refractivity contribution in [3.8, 4) is 0 Å². The van der Waals surface area contributed by atoms with Gasteiger partial charge in [0.1, 0.15) is 0 Å². The molecule has 0 aliphatic carbocycles. The Morgan fingerprint density at radius 1 is 1.52 bits per heavy atom. The molecule has 2 unspecified atom stereocenters. The van der Waals surface area contributed by atoms with Crippen molar-refractivity contribution in [3.05, 3.63) is 28.2 Å². The standard InChI is InChI=1S/C14H21BrN4O2/c1-18(2)7-10-6-11(20)8-19(10)13-4-3-9(5-12(13)15)14(16)17-21/h3-5,10-11,20-21H,6-8H2,1-2H3,(H2,16,17). The maximum atomic E-state index is 9.97. The first-order valence-corrected chi connectivity index (χ1v) is 7.58. The molecule has 1 heterocycles. The maximum Gasteiger partial charge on any atom is 0.170 e. The summed E-state index contributed by atoms with van der Waals surface area (Å²) < 4.78 is 0.865. The van der Waals surface area contributed by atoms with Crippen molar-refractivity contribution in [1.29, 1.82) is 0 Å². The number of hydrogen-bond acceptors (Lipinski definition) is 5. The van der Waals surface area contributed by atoms with E-state index in [1.807, 2.05) is 32.3 Å². The van der Waals surface area contributed by atoms with E-state index in [0.29, 0.717) is 12.1 Å². The number of benzene rings is 1. The van der Waals surface area contributed by atoms with Gasteiger partial charge in [0.15, 0.2) is 5.84 Å². The van der Waals surface area contributed by atoms with E-state index in [2.05, 4.69) is 30.9 Å². The fourth-order valence-electron chi connectivity index (χ4n) is 2.74. The molecule has 1 aliphatic rings. The Labute approximate surface area is 133 Å². The third kappa shape index (κ3) is 3.66. The number of anilines is 1. The second-order valence-electron chi connectivity index (χ2n) is 5.61. The third-order valence-corrected chi connectivity index (χ3v) is 4.26. The highest BCUT2D eigenvalue weighted by Gasteiger charge is 2.32. The Morgan fingerprint density at radius 2 is 2.24 bits per heavy atom. The number of rotatable bonds is 4. The zero-order chi connectivity index (χ0) is 15.6. The van der Waals surface area contributed by atoms with Crippen LogP contribution in [0.15, 0.2) is 27.8 Å². The summed E-state index contributed by atoms with van der Waals surface area (Å²) in [5, 5.41) is 21.7. The van der Waals surface area contributed by atoms with Crippen LogP contribution < -0.4 is 10.6 Å². The average molecular weight is 357 g/mol. The number of amidine groups is 1. The molecule has 0 aromatic heterocycles. The second kappa shape index (κ2) is 6.64. The number of halogens is 1. The highest BCUT2D eigenvalue weighted by atomic mass is 79.9. The molecular formula is C14H21BrN4O2. The fraction of sp³-hybridized carbons (Fsp3) is 0.500.